The molecule has 1 rings (SSSR count). The zero-order valence-corrected chi connectivity index (χ0v) is 9.74. The van der Waals surface area contributed by atoms with Crippen LogP contribution in [0.15, 0.2) is 36.4 Å². The van der Waals surface area contributed by atoms with Crippen molar-refractivity contribution in [2.75, 3.05) is 13.2 Å². The van der Waals surface area contributed by atoms with Gasteiger partial charge in [-0.1, -0.05) is 11.6 Å². The van der Waals surface area contributed by atoms with E-state index in [1.165, 1.54) is 6.08 Å². The lowest BCUT2D eigenvalue weighted by molar-refractivity contribution is -0.137. The quantitative estimate of drug-likeness (QED) is 0.587. The summed E-state index contributed by atoms with van der Waals surface area (Å²) in [6.07, 6.45) is 2.95. The molecule has 0 heterocycles. The summed E-state index contributed by atoms with van der Waals surface area (Å²) in [5, 5.41) is 0.661. The molecule has 16 heavy (non-hydrogen) atoms. The topological polar surface area (TPSA) is 35.5 Å². The van der Waals surface area contributed by atoms with Gasteiger partial charge in [-0.25, -0.2) is 4.79 Å². The highest BCUT2D eigenvalue weighted by Crippen LogP contribution is 2.15. The fraction of sp³-hybridized carbons (Fsp3) is 0.250. The minimum Gasteiger partial charge on any atom is -0.490 e. The van der Waals surface area contributed by atoms with Gasteiger partial charge in [-0.3, -0.25) is 0 Å². The van der Waals surface area contributed by atoms with Gasteiger partial charge in [0.1, 0.15) is 12.4 Å². The number of ether oxygens (including phenoxy) is 2. The van der Waals surface area contributed by atoms with Gasteiger partial charge in [-0.05, 0) is 37.3 Å². The van der Waals surface area contributed by atoms with Crippen LogP contribution in [0.3, 0.4) is 0 Å². The molecule has 0 saturated heterocycles. The van der Waals surface area contributed by atoms with Crippen molar-refractivity contribution in [1.29, 1.82) is 0 Å². The molecule has 0 aliphatic rings. The molecular weight excluding hydrogens is 228 g/mol. The molecule has 0 bridgehead atoms. The predicted molar refractivity (Wildman–Crippen MR) is 62.7 cm³/mol. The smallest absolute Gasteiger partial charge is 0.330 e. The normalized spacial score (nSPS) is 10.4. The summed E-state index contributed by atoms with van der Waals surface area (Å²) >= 11 is 5.72. The molecule has 0 fully saturated rings. The van der Waals surface area contributed by atoms with Crippen molar-refractivity contribution in [3.05, 3.63) is 41.4 Å². The first-order chi connectivity index (χ1) is 7.72. The molecule has 0 aromatic heterocycles. The average molecular weight is 241 g/mol. The molecule has 86 valence electrons. The van der Waals surface area contributed by atoms with Gasteiger partial charge in [0.15, 0.2) is 0 Å². The van der Waals surface area contributed by atoms with E-state index in [-0.39, 0.29) is 5.97 Å². The van der Waals surface area contributed by atoms with Crippen LogP contribution in [-0.4, -0.2) is 19.2 Å². The fourth-order valence-electron chi connectivity index (χ4n) is 1.01. The van der Waals surface area contributed by atoms with Gasteiger partial charge in [-0.15, -0.1) is 0 Å². The summed E-state index contributed by atoms with van der Waals surface area (Å²) in [5.74, 6) is 0.347. The number of hydrogen-bond donors (Lipinski definition) is 0. The predicted octanol–water partition coefficient (Wildman–Crippen LogP) is 2.84. The van der Waals surface area contributed by atoms with Gasteiger partial charge >= 0.3 is 5.97 Å². The Labute approximate surface area is 99.6 Å². The summed E-state index contributed by atoms with van der Waals surface area (Å²) in [5.41, 5.74) is 0. The number of carbonyl (C=O) groups excluding carboxylic acids is 1. The van der Waals surface area contributed by atoms with E-state index in [4.69, 9.17) is 21.1 Å². The first-order valence-electron chi connectivity index (χ1n) is 4.94. The molecule has 0 spiro atoms. The Hall–Kier alpha value is -1.48. The summed E-state index contributed by atoms with van der Waals surface area (Å²) in [7, 11) is 0. The SMILES string of the molecule is CCOC(=O)C=CCOc1ccc(Cl)cc1. The molecule has 0 aliphatic heterocycles. The second-order valence-corrected chi connectivity index (χ2v) is 3.36. The molecule has 1 aromatic carbocycles. The summed E-state index contributed by atoms with van der Waals surface area (Å²) in [4.78, 5) is 10.9. The minimum absolute atomic E-state index is 0.320. The van der Waals surface area contributed by atoms with Crippen LogP contribution < -0.4 is 4.74 Å². The summed E-state index contributed by atoms with van der Waals surface area (Å²) in [6, 6.07) is 7.01. The summed E-state index contributed by atoms with van der Waals surface area (Å²) < 4.78 is 10.0. The van der Waals surface area contributed by atoms with Gasteiger partial charge in [0.05, 0.1) is 6.61 Å². The maximum absolute atomic E-state index is 10.9. The van der Waals surface area contributed by atoms with Gasteiger partial charge in [0.25, 0.3) is 0 Å². The van der Waals surface area contributed by atoms with E-state index in [0.29, 0.717) is 24.0 Å². The lowest BCUT2D eigenvalue weighted by Gasteiger charge is -2.02. The first-order valence-corrected chi connectivity index (χ1v) is 5.32. The third kappa shape index (κ3) is 4.84. The van der Waals surface area contributed by atoms with Crippen LogP contribution >= 0.6 is 11.6 Å². The third-order valence-corrected chi connectivity index (χ3v) is 1.95. The van der Waals surface area contributed by atoms with Gasteiger partial charge in [-0.2, -0.15) is 0 Å². The molecule has 0 unspecified atom stereocenters. The Morgan fingerprint density at radius 1 is 1.38 bits per heavy atom. The zero-order valence-electron chi connectivity index (χ0n) is 8.98. The van der Waals surface area contributed by atoms with Crippen molar-refractivity contribution >= 4 is 17.6 Å². The minimum atomic E-state index is -0.359. The zero-order chi connectivity index (χ0) is 11.8. The molecule has 0 aliphatic carbocycles. The highest BCUT2D eigenvalue weighted by atomic mass is 35.5. The molecule has 0 N–H and O–H groups in total. The Kier molecular flexibility index (Phi) is 5.43. The molecule has 0 atom stereocenters. The van der Waals surface area contributed by atoms with Crippen LogP contribution in [0.5, 0.6) is 5.75 Å². The molecule has 1 aromatic rings. The third-order valence-electron chi connectivity index (χ3n) is 1.70. The fourth-order valence-corrected chi connectivity index (χ4v) is 1.14. The monoisotopic (exact) mass is 240 g/mol. The van der Waals surface area contributed by atoms with Crippen molar-refractivity contribution < 1.29 is 14.3 Å². The highest BCUT2D eigenvalue weighted by Gasteiger charge is 1.94. The van der Waals surface area contributed by atoms with E-state index in [2.05, 4.69) is 0 Å². The molecule has 0 radical (unpaired) electrons. The Morgan fingerprint density at radius 2 is 2.06 bits per heavy atom. The highest BCUT2D eigenvalue weighted by molar-refractivity contribution is 6.30. The maximum Gasteiger partial charge on any atom is 0.330 e. The molecule has 3 nitrogen and oxygen atoms in total. The number of benzene rings is 1. The van der Waals surface area contributed by atoms with Crippen LogP contribution in [0.25, 0.3) is 0 Å². The van der Waals surface area contributed by atoms with Crippen molar-refractivity contribution in [2.45, 2.75) is 6.92 Å². The van der Waals surface area contributed by atoms with E-state index in [1.807, 2.05) is 0 Å². The largest absolute Gasteiger partial charge is 0.490 e. The number of hydrogen-bond acceptors (Lipinski definition) is 3. The van der Waals surface area contributed by atoms with E-state index >= 15 is 0 Å². The number of esters is 1. The Morgan fingerprint density at radius 3 is 2.69 bits per heavy atom. The molecule has 0 saturated carbocycles. The molecular formula is C12H13ClO3. The standard InChI is InChI=1S/C12H13ClO3/c1-2-15-12(14)4-3-9-16-11-7-5-10(13)6-8-11/h3-8H,2,9H2,1H3. The second kappa shape index (κ2) is 6.90. The Balaban J connectivity index is 2.30. The van der Waals surface area contributed by atoms with E-state index in [1.54, 1.807) is 37.3 Å². The lowest BCUT2D eigenvalue weighted by Crippen LogP contribution is -2.00. The van der Waals surface area contributed by atoms with Crippen LogP contribution in [-0.2, 0) is 9.53 Å². The Bertz CT molecular complexity index is 357. The van der Waals surface area contributed by atoms with Gasteiger partial charge in [0, 0.05) is 11.1 Å². The average Bonchev–Trinajstić information content (AvgIpc) is 2.27. The van der Waals surface area contributed by atoms with Crippen LogP contribution in [0.1, 0.15) is 6.92 Å². The van der Waals surface area contributed by atoms with Crippen LogP contribution in [0, 0.1) is 0 Å². The van der Waals surface area contributed by atoms with Crippen molar-refractivity contribution in [3.63, 3.8) is 0 Å². The maximum atomic E-state index is 10.9. The molecule has 0 amide bonds. The summed E-state index contributed by atoms with van der Waals surface area (Å²) in [6.45, 7) is 2.46. The van der Waals surface area contributed by atoms with Gasteiger partial charge < -0.3 is 9.47 Å². The van der Waals surface area contributed by atoms with Gasteiger partial charge in [0.2, 0.25) is 0 Å². The number of rotatable bonds is 5. The van der Waals surface area contributed by atoms with E-state index in [9.17, 15) is 4.79 Å². The van der Waals surface area contributed by atoms with E-state index < -0.39 is 0 Å². The second-order valence-electron chi connectivity index (χ2n) is 2.92. The van der Waals surface area contributed by atoms with Crippen molar-refractivity contribution in [3.8, 4) is 5.75 Å². The lowest BCUT2D eigenvalue weighted by atomic mass is 10.3. The number of halogens is 1. The molecule has 4 heteroatoms. The van der Waals surface area contributed by atoms with Crippen molar-refractivity contribution in [1.82, 2.24) is 0 Å². The van der Waals surface area contributed by atoms with Crippen LogP contribution in [0.2, 0.25) is 5.02 Å². The first kappa shape index (κ1) is 12.6. The van der Waals surface area contributed by atoms with Crippen molar-refractivity contribution in [2.24, 2.45) is 0 Å². The van der Waals surface area contributed by atoms with Crippen LogP contribution in [0.4, 0.5) is 0 Å². The van der Waals surface area contributed by atoms with E-state index in [0.717, 1.165) is 0 Å². The number of carbonyl (C=O) groups is 1.